The van der Waals surface area contributed by atoms with Crippen molar-refractivity contribution in [2.75, 3.05) is 6.54 Å². The fraction of sp³-hybridized carbons (Fsp3) is 0.333. The maximum Gasteiger partial charge on any atom is 0.223 e. The van der Waals surface area contributed by atoms with E-state index in [1.54, 1.807) is 6.92 Å². The molecule has 4 rings (SSSR count). The Balaban J connectivity index is 1.43. The summed E-state index contributed by atoms with van der Waals surface area (Å²) in [5, 5.41) is 3.06. The van der Waals surface area contributed by atoms with Gasteiger partial charge in [-0.05, 0) is 55.0 Å². The molecule has 4 heteroatoms. The van der Waals surface area contributed by atoms with Gasteiger partial charge in [-0.25, -0.2) is 0 Å². The number of benzene rings is 2. The van der Waals surface area contributed by atoms with Crippen LogP contribution in [0.3, 0.4) is 0 Å². The second-order valence-electron chi connectivity index (χ2n) is 7.59. The molecule has 2 atom stereocenters. The van der Waals surface area contributed by atoms with Gasteiger partial charge in [-0.1, -0.05) is 42.5 Å². The molecule has 0 saturated heterocycles. The largest absolute Gasteiger partial charge is 0.488 e. The monoisotopic (exact) mass is 375 g/mol. The van der Waals surface area contributed by atoms with Crippen molar-refractivity contribution in [3.63, 3.8) is 0 Å². The molecule has 28 heavy (non-hydrogen) atoms. The summed E-state index contributed by atoms with van der Waals surface area (Å²) in [4.78, 5) is 24.3. The number of carbonyl (C=O) groups is 2. The van der Waals surface area contributed by atoms with Gasteiger partial charge in [0.25, 0.3) is 0 Å². The number of ketones is 1. The first kappa shape index (κ1) is 18.5. The number of carbonyl (C=O) groups excluding carboxylic acids is 2. The predicted octanol–water partition coefficient (Wildman–Crippen LogP) is 4.33. The van der Waals surface area contributed by atoms with Gasteiger partial charge in [0.1, 0.15) is 11.9 Å². The van der Waals surface area contributed by atoms with E-state index in [1.807, 2.05) is 36.4 Å². The number of hydrogen-bond donors (Lipinski definition) is 1. The van der Waals surface area contributed by atoms with Crippen LogP contribution in [0.1, 0.15) is 42.1 Å². The van der Waals surface area contributed by atoms with Crippen molar-refractivity contribution in [1.82, 2.24) is 5.32 Å². The number of Topliss-reactive ketones (excluding diaryl/α,β-unsaturated/α-hetero) is 1. The predicted molar refractivity (Wildman–Crippen MR) is 109 cm³/mol. The van der Waals surface area contributed by atoms with Crippen LogP contribution in [0.2, 0.25) is 0 Å². The van der Waals surface area contributed by atoms with E-state index in [1.165, 1.54) is 0 Å². The number of amides is 1. The van der Waals surface area contributed by atoms with Gasteiger partial charge in [-0.2, -0.15) is 0 Å². The Hall–Kier alpha value is -2.88. The number of nitrogens with one attached hydrogen (secondary N) is 1. The summed E-state index contributed by atoms with van der Waals surface area (Å²) in [6.07, 6.45) is 7.68. The van der Waals surface area contributed by atoms with E-state index >= 15 is 0 Å². The molecule has 1 N–H and O–H groups in total. The average Bonchev–Trinajstić information content (AvgIpc) is 3.14. The van der Waals surface area contributed by atoms with Gasteiger partial charge in [0.15, 0.2) is 5.78 Å². The van der Waals surface area contributed by atoms with Crippen molar-refractivity contribution >= 4 is 11.7 Å². The molecular weight excluding hydrogens is 350 g/mol. The number of allylic oxidation sites excluding steroid dienone is 2. The summed E-state index contributed by atoms with van der Waals surface area (Å²) in [5.74, 6) is 1.14. The van der Waals surface area contributed by atoms with E-state index in [2.05, 4.69) is 23.5 Å². The average molecular weight is 375 g/mol. The molecule has 2 aliphatic rings. The Labute approximate surface area is 165 Å². The van der Waals surface area contributed by atoms with Crippen molar-refractivity contribution in [3.8, 4) is 16.9 Å². The molecule has 0 bridgehead atoms. The minimum Gasteiger partial charge on any atom is -0.488 e. The Morgan fingerprint density at radius 3 is 2.79 bits per heavy atom. The van der Waals surface area contributed by atoms with Crippen LogP contribution in [0.25, 0.3) is 11.1 Å². The van der Waals surface area contributed by atoms with E-state index < -0.39 is 0 Å². The number of hydrogen-bond acceptors (Lipinski definition) is 3. The third-order valence-corrected chi connectivity index (χ3v) is 5.56. The lowest BCUT2D eigenvalue weighted by Crippen LogP contribution is -2.38. The van der Waals surface area contributed by atoms with Gasteiger partial charge >= 0.3 is 0 Å². The summed E-state index contributed by atoms with van der Waals surface area (Å²) in [5.41, 5.74) is 3.81. The summed E-state index contributed by atoms with van der Waals surface area (Å²) in [7, 11) is 0. The third kappa shape index (κ3) is 3.86. The second-order valence-corrected chi connectivity index (χ2v) is 7.59. The first-order chi connectivity index (χ1) is 13.6. The molecule has 0 spiro atoms. The molecule has 2 aromatic rings. The molecule has 0 unspecified atom stereocenters. The molecular formula is C24H25NO3. The fourth-order valence-corrected chi connectivity index (χ4v) is 4.03. The van der Waals surface area contributed by atoms with Gasteiger partial charge in [0.2, 0.25) is 5.91 Å². The van der Waals surface area contributed by atoms with Crippen LogP contribution in [-0.4, -0.2) is 24.3 Å². The summed E-state index contributed by atoms with van der Waals surface area (Å²) >= 11 is 0. The van der Waals surface area contributed by atoms with Crippen molar-refractivity contribution in [2.45, 2.75) is 38.7 Å². The van der Waals surface area contributed by atoms with Crippen molar-refractivity contribution in [3.05, 3.63) is 65.7 Å². The Bertz CT molecular complexity index is 931. The van der Waals surface area contributed by atoms with Crippen molar-refractivity contribution in [1.29, 1.82) is 0 Å². The van der Waals surface area contributed by atoms with Crippen LogP contribution >= 0.6 is 0 Å². The maximum absolute atomic E-state index is 12.3. The lowest BCUT2D eigenvalue weighted by molar-refractivity contribution is -0.125. The number of fused-ring (bicyclic) bond motifs is 1. The molecule has 1 aliphatic heterocycles. The molecule has 144 valence electrons. The van der Waals surface area contributed by atoms with Crippen LogP contribution in [0.4, 0.5) is 0 Å². The van der Waals surface area contributed by atoms with Crippen LogP contribution in [0.15, 0.2) is 54.6 Å². The molecule has 4 nitrogen and oxygen atoms in total. The smallest absolute Gasteiger partial charge is 0.223 e. The maximum atomic E-state index is 12.3. The van der Waals surface area contributed by atoms with Crippen LogP contribution in [0.5, 0.6) is 5.75 Å². The second kappa shape index (κ2) is 8.01. The van der Waals surface area contributed by atoms with E-state index in [0.717, 1.165) is 53.7 Å². The molecule has 0 saturated carbocycles. The zero-order valence-electron chi connectivity index (χ0n) is 16.1. The fourth-order valence-electron chi connectivity index (χ4n) is 4.03. The Morgan fingerprint density at radius 2 is 2.00 bits per heavy atom. The topological polar surface area (TPSA) is 55.4 Å². The molecule has 0 radical (unpaired) electrons. The standard InChI is InChI=1S/C24H25NO3/c1-16(26)21-9-5-6-10-22(21)18-11-12-23-19(13-18)14-20(28-23)15-25-24(27)17-7-3-2-4-8-17/h2-3,5-6,9-13,17,20H,4,7-8,14-15H2,1H3,(H,25,27)/t17-,20+/m1/s1. The van der Waals surface area contributed by atoms with Crippen LogP contribution in [-0.2, 0) is 11.2 Å². The highest BCUT2D eigenvalue weighted by atomic mass is 16.5. The zero-order chi connectivity index (χ0) is 19.5. The minimum atomic E-state index is -0.0450. The van der Waals surface area contributed by atoms with Gasteiger partial charge in [-0.3, -0.25) is 9.59 Å². The highest BCUT2D eigenvalue weighted by molar-refractivity contribution is 6.00. The van der Waals surface area contributed by atoms with E-state index in [9.17, 15) is 9.59 Å². The first-order valence-corrected chi connectivity index (χ1v) is 9.94. The van der Waals surface area contributed by atoms with Crippen LogP contribution < -0.4 is 10.1 Å². The number of rotatable bonds is 5. The van der Waals surface area contributed by atoms with Gasteiger partial charge < -0.3 is 10.1 Å². The third-order valence-electron chi connectivity index (χ3n) is 5.56. The molecule has 1 amide bonds. The lowest BCUT2D eigenvalue weighted by atomic mass is 9.93. The normalized spacial score (nSPS) is 20.3. The van der Waals surface area contributed by atoms with Crippen molar-refractivity contribution in [2.24, 2.45) is 5.92 Å². The molecule has 1 heterocycles. The highest BCUT2D eigenvalue weighted by Crippen LogP contribution is 2.34. The molecule has 0 fully saturated rings. The summed E-state index contributed by atoms with van der Waals surface area (Å²) in [6.45, 7) is 2.11. The Morgan fingerprint density at radius 1 is 1.14 bits per heavy atom. The zero-order valence-corrected chi connectivity index (χ0v) is 16.1. The molecule has 0 aromatic heterocycles. The minimum absolute atomic E-state index is 0.0450. The molecule has 1 aliphatic carbocycles. The summed E-state index contributed by atoms with van der Waals surface area (Å²) in [6, 6.07) is 13.7. The first-order valence-electron chi connectivity index (χ1n) is 9.94. The van der Waals surface area contributed by atoms with Crippen LogP contribution in [0, 0.1) is 5.92 Å². The van der Waals surface area contributed by atoms with Crippen molar-refractivity contribution < 1.29 is 14.3 Å². The van der Waals surface area contributed by atoms with Gasteiger partial charge in [-0.15, -0.1) is 0 Å². The summed E-state index contributed by atoms with van der Waals surface area (Å²) < 4.78 is 6.02. The molecule has 2 aromatic carbocycles. The Kier molecular flexibility index (Phi) is 5.29. The van der Waals surface area contributed by atoms with E-state index in [4.69, 9.17) is 4.74 Å². The van der Waals surface area contributed by atoms with Gasteiger partial charge in [0, 0.05) is 17.9 Å². The van der Waals surface area contributed by atoms with Gasteiger partial charge in [0.05, 0.1) is 6.54 Å². The quantitative estimate of drug-likeness (QED) is 0.625. The number of ether oxygens (including phenoxy) is 1. The highest BCUT2D eigenvalue weighted by Gasteiger charge is 2.26. The van der Waals surface area contributed by atoms with E-state index in [-0.39, 0.29) is 23.7 Å². The SMILES string of the molecule is CC(=O)c1ccccc1-c1ccc2c(c1)C[C@@H](CNC(=O)[C@@H]1CC=CCC1)O2. The lowest BCUT2D eigenvalue weighted by Gasteiger charge is -2.19. The van der Waals surface area contributed by atoms with E-state index in [0.29, 0.717) is 6.54 Å².